The third kappa shape index (κ3) is 3.69. The summed E-state index contributed by atoms with van der Waals surface area (Å²) in [5.74, 6) is 4.63. The molecule has 0 saturated heterocycles. The van der Waals surface area contributed by atoms with Crippen LogP contribution in [0.3, 0.4) is 0 Å². The fourth-order valence-corrected chi connectivity index (χ4v) is 1.65. The predicted octanol–water partition coefficient (Wildman–Crippen LogP) is 3.26. The van der Waals surface area contributed by atoms with Gasteiger partial charge in [0.2, 0.25) is 5.78 Å². The van der Waals surface area contributed by atoms with E-state index in [0.717, 1.165) is 0 Å². The molecule has 2 nitrogen and oxygen atoms in total. The second-order valence-electron chi connectivity index (χ2n) is 3.92. The van der Waals surface area contributed by atoms with Crippen LogP contribution in [0.4, 0.5) is 0 Å². The monoisotopic (exact) mass is 270 g/mol. The zero-order valence-electron chi connectivity index (χ0n) is 10.0. The van der Waals surface area contributed by atoms with Gasteiger partial charge in [0.1, 0.15) is 6.10 Å². The lowest BCUT2D eigenvalue weighted by molar-refractivity contribution is 0.105. The van der Waals surface area contributed by atoms with E-state index >= 15 is 0 Å². The van der Waals surface area contributed by atoms with Crippen LogP contribution in [-0.2, 0) is 0 Å². The first-order valence-corrected chi connectivity index (χ1v) is 6.09. The summed E-state index contributed by atoms with van der Waals surface area (Å²) in [6, 6.07) is 15.4. The summed E-state index contributed by atoms with van der Waals surface area (Å²) >= 11 is 5.74. The molecule has 94 valence electrons. The summed E-state index contributed by atoms with van der Waals surface area (Å²) in [7, 11) is 0. The van der Waals surface area contributed by atoms with Crippen molar-refractivity contribution in [3.8, 4) is 11.8 Å². The van der Waals surface area contributed by atoms with Gasteiger partial charge >= 0.3 is 0 Å². The Bertz CT molecular complexity index is 621. The van der Waals surface area contributed by atoms with Crippen LogP contribution in [0.1, 0.15) is 22.0 Å². The lowest BCUT2D eigenvalue weighted by Gasteiger charge is -2.01. The first kappa shape index (κ1) is 13.4. The summed E-state index contributed by atoms with van der Waals surface area (Å²) in [5.41, 5.74) is 1.12. The Labute approximate surface area is 116 Å². The van der Waals surface area contributed by atoms with E-state index in [-0.39, 0.29) is 5.78 Å². The van der Waals surface area contributed by atoms with E-state index in [0.29, 0.717) is 16.1 Å². The fourth-order valence-electron chi connectivity index (χ4n) is 1.53. The minimum atomic E-state index is -0.961. The molecule has 0 aliphatic carbocycles. The van der Waals surface area contributed by atoms with Gasteiger partial charge in [-0.2, -0.15) is 0 Å². The predicted molar refractivity (Wildman–Crippen MR) is 75.0 cm³/mol. The number of halogens is 1. The van der Waals surface area contributed by atoms with E-state index in [9.17, 15) is 9.90 Å². The molecule has 1 N–H and O–H groups in total. The minimum absolute atomic E-state index is 0.341. The summed E-state index contributed by atoms with van der Waals surface area (Å²) in [5, 5.41) is 10.4. The molecular formula is C16H11ClO2. The van der Waals surface area contributed by atoms with Crippen molar-refractivity contribution >= 4 is 17.4 Å². The topological polar surface area (TPSA) is 37.3 Å². The number of hydrogen-bond acceptors (Lipinski definition) is 2. The Morgan fingerprint density at radius 2 is 1.68 bits per heavy atom. The molecule has 2 aromatic rings. The Morgan fingerprint density at radius 3 is 2.32 bits per heavy atom. The maximum absolute atomic E-state index is 11.8. The third-order valence-electron chi connectivity index (χ3n) is 2.54. The molecule has 1 unspecified atom stereocenters. The van der Waals surface area contributed by atoms with E-state index in [1.165, 1.54) is 0 Å². The maximum Gasteiger partial charge on any atom is 0.235 e. The minimum Gasteiger partial charge on any atom is -0.376 e. The van der Waals surface area contributed by atoms with Crippen molar-refractivity contribution in [2.45, 2.75) is 6.10 Å². The Kier molecular flexibility index (Phi) is 4.35. The maximum atomic E-state index is 11.8. The lowest BCUT2D eigenvalue weighted by atomic mass is 10.1. The second kappa shape index (κ2) is 6.19. The van der Waals surface area contributed by atoms with Gasteiger partial charge in [-0.25, -0.2) is 0 Å². The highest BCUT2D eigenvalue weighted by atomic mass is 35.5. The average Bonchev–Trinajstić information content (AvgIpc) is 2.46. The first-order chi connectivity index (χ1) is 9.16. The molecule has 19 heavy (non-hydrogen) atoms. The van der Waals surface area contributed by atoms with Crippen LogP contribution in [0, 0.1) is 11.8 Å². The van der Waals surface area contributed by atoms with Crippen LogP contribution >= 0.6 is 11.6 Å². The molecule has 0 saturated carbocycles. The van der Waals surface area contributed by atoms with Crippen LogP contribution in [0.2, 0.25) is 5.02 Å². The number of ketones is 1. The van der Waals surface area contributed by atoms with Gasteiger partial charge in [-0.3, -0.25) is 4.79 Å². The van der Waals surface area contributed by atoms with Crippen LogP contribution in [-0.4, -0.2) is 10.9 Å². The summed E-state index contributed by atoms with van der Waals surface area (Å²) in [6.07, 6.45) is -0.961. The normalized spacial score (nSPS) is 11.3. The number of rotatable bonds is 2. The number of carbonyl (C=O) groups excluding carboxylic acids is 1. The van der Waals surface area contributed by atoms with Gasteiger partial charge in [0.15, 0.2) is 0 Å². The van der Waals surface area contributed by atoms with Gasteiger partial charge in [-0.05, 0) is 35.7 Å². The molecule has 2 rings (SSSR count). The van der Waals surface area contributed by atoms with E-state index in [1.54, 1.807) is 48.5 Å². The molecule has 0 aliphatic heterocycles. The molecule has 0 amide bonds. The number of Topliss-reactive ketones (excluding diaryl/α,β-unsaturated/α-hetero) is 1. The lowest BCUT2D eigenvalue weighted by Crippen LogP contribution is -1.97. The second-order valence-corrected chi connectivity index (χ2v) is 4.36. The van der Waals surface area contributed by atoms with Gasteiger partial charge in [0, 0.05) is 10.6 Å². The van der Waals surface area contributed by atoms with Crippen molar-refractivity contribution in [1.82, 2.24) is 0 Å². The van der Waals surface area contributed by atoms with Gasteiger partial charge in [0.25, 0.3) is 0 Å². The van der Waals surface area contributed by atoms with Crippen LogP contribution in [0.15, 0.2) is 54.6 Å². The molecule has 0 aliphatic rings. The zero-order valence-corrected chi connectivity index (χ0v) is 10.8. The quantitative estimate of drug-likeness (QED) is 0.517. The van der Waals surface area contributed by atoms with Gasteiger partial charge in [-0.1, -0.05) is 47.9 Å². The third-order valence-corrected chi connectivity index (χ3v) is 2.80. The van der Waals surface area contributed by atoms with Gasteiger partial charge in [-0.15, -0.1) is 0 Å². The van der Waals surface area contributed by atoms with E-state index in [4.69, 9.17) is 11.6 Å². The van der Waals surface area contributed by atoms with Crippen molar-refractivity contribution in [2.75, 3.05) is 0 Å². The highest BCUT2D eigenvalue weighted by Gasteiger charge is 2.04. The highest BCUT2D eigenvalue weighted by Crippen LogP contribution is 2.12. The van der Waals surface area contributed by atoms with Gasteiger partial charge in [0.05, 0.1) is 0 Å². The number of aliphatic hydroxyl groups is 1. The Morgan fingerprint density at radius 1 is 1.05 bits per heavy atom. The van der Waals surface area contributed by atoms with Crippen molar-refractivity contribution < 1.29 is 9.90 Å². The molecule has 2 aromatic carbocycles. The number of aliphatic hydroxyl groups excluding tert-OH is 1. The smallest absolute Gasteiger partial charge is 0.235 e. The highest BCUT2D eigenvalue weighted by molar-refractivity contribution is 6.30. The SMILES string of the molecule is O=C(C#CC(O)c1ccccc1)c1ccc(Cl)cc1. The van der Waals surface area contributed by atoms with E-state index in [2.05, 4.69) is 11.8 Å². The Balaban J connectivity index is 2.11. The molecule has 3 heteroatoms. The van der Waals surface area contributed by atoms with Crippen molar-refractivity contribution in [1.29, 1.82) is 0 Å². The van der Waals surface area contributed by atoms with Crippen molar-refractivity contribution in [3.63, 3.8) is 0 Å². The van der Waals surface area contributed by atoms with E-state index in [1.807, 2.05) is 6.07 Å². The van der Waals surface area contributed by atoms with E-state index < -0.39 is 6.10 Å². The fraction of sp³-hybridized carbons (Fsp3) is 0.0625. The van der Waals surface area contributed by atoms with Crippen LogP contribution < -0.4 is 0 Å². The average molecular weight is 271 g/mol. The molecule has 0 bridgehead atoms. The number of benzene rings is 2. The number of hydrogen-bond donors (Lipinski definition) is 1. The van der Waals surface area contributed by atoms with Gasteiger partial charge < -0.3 is 5.11 Å². The molecule has 0 fully saturated rings. The largest absolute Gasteiger partial charge is 0.376 e. The number of carbonyl (C=O) groups is 1. The molecule has 0 spiro atoms. The summed E-state index contributed by atoms with van der Waals surface area (Å²) in [4.78, 5) is 11.8. The summed E-state index contributed by atoms with van der Waals surface area (Å²) in [6.45, 7) is 0. The van der Waals surface area contributed by atoms with Crippen LogP contribution in [0.5, 0.6) is 0 Å². The molecular weight excluding hydrogens is 260 g/mol. The molecule has 0 aromatic heterocycles. The molecule has 0 heterocycles. The van der Waals surface area contributed by atoms with Crippen molar-refractivity contribution in [2.24, 2.45) is 0 Å². The zero-order chi connectivity index (χ0) is 13.7. The van der Waals surface area contributed by atoms with Crippen LogP contribution in [0.25, 0.3) is 0 Å². The molecule has 0 radical (unpaired) electrons. The standard InChI is InChI=1S/C16H11ClO2/c17-14-8-6-13(7-9-14)16(19)11-10-15(18)12-4-2-1-3-5-12/h1-9,15,18H. The Hall–Kier alpha value is -2.08. The summed E-state index contributed by atoms with van der Waals surface area (Å²) < 4.78 is 0. The first-order valence-electron chi connectivity index (χ1n) is 5.71. The molecule has 1 atom stereocenters. The van der Waals surface area contributed by atoms with Crippen molar-refractivity contribution in [3.05, 3.63) is 70.7 Å².